The fourth-order valence-corrected chi connectivity index (χ4v) is 2.51. The molecule has 1 saturated heterocycles. The van der Waals surface area contributed by atoms with Gasteiger partial charge in [-0.25, -0.2) is 0 Å². The lowest BCUT2D eigenvalue weighted by atomic mass is 10.0. The van der Waals surface area contributed by atoms with Crippen LogP contribution in [-0.2, 0) is 4.74 Å². The number of amidine groups is 1. The molecule has 0 aromatic heterocycles. The lowest BCUT2D eigenvalue weighted by Crippen LogP contribution is -2.24. The second kappa shape index (κ2) is 5.50. The van der Waals surface area contributed by atoms with Crippen LogP contribution in [0.3, 0.4) is 0 Å². The number of rotatable bonds is 3. The number of hydrogen-bond donors (Lipinski definition) is 1. The molecular formula is C12H22N2O. The maximum absolute atomic E-state index is 6.01. The molecule has 1 aliphatic heterocycles. The zero-order chi connectivity index (χ0) is 10.5. The highest BCUT2D eigenvalue weighted by Crippen LogP contribution is 2.25. The Hall–Kier alpha value is -0.570. The predicted molar refractivity (Wildman–Crippen MR) is 62.0 cm³/mol. The summed E-state index contributed by atoms with van der Waals surface area (Å²) in [7, 11) is 0. The first-order valence-corrected chi connectivity index (χ1v) is 6.24. The van der Waals surface area contributed by atoms with Gasteiger partial charge < -0.3 is 10.5 Å². The molecule has 2 aliphatic rings. The lowest BCUT2D eigenvalue weighted by Gasteiger charge is -2.20. The van der Waals surface area contributed by atoms with E-state index in [2.05, 4.69) is 4.99 Å². The lowest BCUT2D eigenvalue weighted by molar-refractivity contribution is 0.0689. The van der Waals surface area contributed by atoms with Crippen LogP contribution in [0.5, 0.6) is 0 Å². The van der Waals surface area contributed by atoms with Crippen molar-refractivity contribution in [2.75, 3.05) is 19.8 Å². The Labute approximate surface area is 92.1 Å². The maximum Gasteiger partial charge on any atom is 0.0968 e. The second-order valence-corrected chi connectivity index (χ2v) is 4.80. The average Bonchev–Trinajstić information content (AvgIpc) is 2.81. The zero-order valence-electron chi connectivity index (χ0n) is 9.45. The summed E-state index contributed by atoms with van der Waals surface area (Å²) in [6.45, 7) is 2.73. The molecule has 15 heavy (non-hydrogen) atoms. The van der Waals surface area contributed by atoms with Gasteiger partial charge in [0.2, 0.25) is 0 Å². The van der Waals surface area contributed by atoms with Crippen molar-refractivity contribution in [2.24, 2.45) is 22.6 Å². The van der Waals surface area contributed by atoms with Gasteiger partial charge in [0.1, 0.15) is 0 Å². The standard InChI is InChI=1S/C12H22N2O/c13-12(11-3-1-2-4-11)14-9-10-5-7-15-8-6-10/h10-11H,1-9H2,(H2,13,14). The monoisotopic (exact) mass is 210 g/mol. The van der Waals surface area contributed by atoms with Crippen molar-refractivity contribution in [3.8, 4) is 0 Å². The molecular weight excluding hydrogens is 188 g/mol. The highest BCUT2D eigenvalue weighted by atomic mass is 16.5. The van der Waals surface area contributed by atoms with Gasteiger partial charge in [0.25, 0.3) is 0 Å². The summed E-state index contributed by atoms with van der Waals surface area (Å²) in [5, 5.41) is 0. The van der Waals surface area contributed by atoms with E-state index in [1.165, 1.54) is 25.7 Å². The summed E-state index contributed by atoms with van der Waals surface area (Å²) in [5.41, 5.74) is 6.01. The Kier molecular flexibility index (Phi) is 4.01. The van der Waals surface area contributed by atoms with E-state index in [4.69, 9.17) is 10.5 Å². The van der Waals surface area contributed by atoms with Crippen molar-refractivity contribution in [3.05, 3.63) is 0 Å². The predicted octanol–water partition coefficient (Wildman–Crippen LogP) is 1.96. The molecule has 3 nitrogen and oxygen atoms in total. The van der Waals surface area contributed by atoms with Gasteiger partial charge in [-0.05, 0) is 31.6 Å². The van der Waals surface area contributed by atoms with E-state index in [1.54, 1.807) is 0 Å². The molecule has 1 heterocycles. The van der Waals surface area contributed by atoms with Gasteiger partial charge in [0.15, 0.2) is 0 Å². The van der Waals surface area contributed by atoms with Crippen LogP contribution in [0.25, 0.3) is 0 Å². The van der Waals surface area contributed by atoms with E-state index in [1.807, 2.05) is 0 Å². The SMILES string of the molecule is NC(=NCC1CCOCC1)C1CCCC1. The molecule has 2 rings (SSSR count). The molecule has 2 fully saturated rings. The number of nitrogens with two attached hydrogens (primary N) is 1. The van der Waals surface area contributed by atoms with E-state index >= 15 is 0 Å². The smallest absolute Gasteiger partial charge is 0.0968 e. The minimum absolute atomic E-state index is 0.588. The molecule has 0 radical (unpaired) electrons. The van der Waals surface area contributed by atoms with Gasteiger partial charge in [-0.1, -0.05) is 12.8 Å². The van der Waals surface area contributed by atoms with Crippen molar-refractivity contribution in [1.29, 1.82) is 0 Å². The Morgan fingerprint density at radius 3 is 2.47 bits per heavy atom. The molecule has 0 atom stereocenters. The first-order valence-electron chi connectivity index (χ1n) is 6.24. The normalized spacial score (nSPS) is 26.0. The maximum atomic E-state index is 6.01. The number of aliphatic imine (C=N–C) groups is 1. The van der Waals surface area contributed by atoms with Gasteiger partial charge in [-0.2, -0.15) is 0 Å². The topological polar surface area (TPSA) is 47.6 Å². The third-order valence-electron chi connectivity index (χ3n) is 3.65. The fourth-order valence-electron chi connectivity index (χ4n) is 2.51. The van der Waals surface area contributed by atoms with Crippen molar-refractivity contribution >= 4 is 5.84 Å². The first-order chi connectivity index (χ1) is 7.36. The summed E-state index contributed by atoms with van der Waals surface area (Å²) in [4.78, 5) is 4.57. The minimum atomic E-state index is 0.588. The van der Waals surface area contributed by atoms with Crippen molar-refractivity contribution in [2.45, 2.75) is 38.5 Å². The summed E-state index contributed by atoms with van der Waals surface area (Å²) in [6.07, 6.45) is 7.48. The van der Waals surface area contributed by atoms with Crippen molar-refractivity contribution in [3.63, 3.8) is 0 Å². The first kappa shape index (κ1) is 10.9. The van der Waals surface area contributed by atoms with Gasteiger partial charge in [-0.15, -0.1) is 0 Å². The van der Waals surface area contributed by atoms with E-state index < -0.39 is 0 Å². The molecule has 3 heteroatoms. The van der Waals surface area contributed by atoms with Crippen LogP contribution in [0.15, 0.2) is 4.99 Å². The summed E-state index contributed by atoms with van der Waals surface area (Å²) in [5.74, 6) is 2.21. The highest BCUT2D eigenvalue weighted by Gasteiger charge is 2.19. The quantitative estimate of drug-likeness (QED) is 0.572. The molecule has 1 aliphatic carbocycles. The van der Waals surface area contributed by atoms with E-state index in [0.717, 1.165) is 38.4 Å². The van der Waals surface area contributed by atoms with Crippen molar-refractivity contribution in [1.82, 2.24) is 0 Å². The van der Waals surface area contributed by atoms with Crippen LogP contribution < -0.4 is 5.73 Å². The number of nitrogens with zero attached hydrogens (tertiary/aromatic N) is 1. The van der Waals surface area contributed by atoms with E-state index in [9.17, 15) is 0 Å². The van der Waals surface area contributed by atoms with E-state index in [-0.39, 0.29) is 0 Å². The molecule has 0 unspecified atom stereocenters. The Morgan fingerprint density at radius 1 is 1.13 bits per heavy atom. The van der Waals surface area contributed by atoms with Crippen LogP contribution >= 0.6 is 0 Å². The molecule has 86 valence electrons. The molecule has 0 spiro atoms. The Morgan fingerprint density at radius 2 is 1.80 bits per heavy atom. The second-order valence-electron chi connectivity index (χ2n) is 4.80. The minimum Gasteiger partial charge on any atom is -0.387 e. The molecule has 0 bridgehead atoms. The fraction of sp³-hybridized carbons (Fsp3) is 0.917. The van der Waals surface area contributed by atoms with Crippen LogP contribution in [0, 0.1) is 11.8 Å². The van der Waals surface area contributed by atoms with E-state index in [0.29, 0.717) is 11.8 Å². The van der Waals surface area contributed by atoms with Crippen LogP contribution in [0.1, 0.15) is 38.5 Å². The van der Waals surface area contributed by atoms with Crippen molar-refractivity contribution < 1.29 is 4.74 Å². The van der Waals surface area contributed by atoms with Gasteiger partial charge in [0, 0.05) is 25.7 Å². The highest BCUT2D eigenvalue weighted by molar-refractivity contribution is 5.83. The number of hydrogen-bond acceptors (Lipinski definition) is 2. The third kappa shape index (κ3) is 3.20. The molecule has 1 saturated carbocycles. The van der Waals surface area contributed by atoms with Crippen LogP contribution in [0.2, 0.25) is 0 Å². The molecule has 0 aromatic rings. The zero-order valence-corrected chi connectivity index (χ0v) is 9.45. The van der Waals surface area contributed by atoms with Gasteiger partial charge >= 0.3 is 0 Å². The van der Waals surface area contributed by atoms with Gasteiger partial charge in [-0.3, -0.25) is 4.99 Å². The van der Waals surface area contributed by atoms with Crippen LogP contribution in [-0.4, -0.2) is 25.6 Å². The average molecular weight is 210 g/mol. The number of ether oxygens (including phenoxy) is 1. The Balaban J connectivity index is 1.76. The molecule has 0 aromatic carbocycles. The third-order valence-corrected chi connectivity index (χ3v) is 3.65. The summed E-state index contributed by atoms with van der Waals surface area (Å²) in [6, 6.07) is 0. The summed E-state index contributed by atoms with van der Waals surface area (Å²) < 4.78 is 5.33. The molecule has 2 N–H and O–H groups in total. The van der Waals surface area contributed by atoms with Gasteiger partial charge in [0.05, 0.1) is 5.84 Å². The molecule has 0 amide bonds. The summed E-state index contributed by atoms with van der Waals surface area (Å²) >= 11 is 0. The van der Waals surface area contributed by atoms with Crippen LogP contribution in [0.4, 0.5) is 0 Å². The largest absolute Gasteiger partial charge is 0.387 e. The Bertz CT molecular complexity index is 216.